The molecule has 0 aliphatic rings. The Labute approximate surface area is 122 Å². The molecule has 0 atom stereocenters. The highest BCUT2D eigenvalue weighted by Crippen LogP contribution is 2.32. The minimum absolute atomic E-state index is 0.122. The molecule has 0 aromatic heterocycles. The van der Waals surface area contributed by atoms with Gasteiger partial charge in [0, 0.05) is 22.7 Å². The Morgan fingerprint density at radius 2 is 1.57 bits per heavy atom. The Bertz CT molecular complexity index is 690. The van der Waals surface area contributed by atoms with Gasteiger partial charge in [0.15, 0.2) is 0 Å². The van der Waals surface area contributed by atoms with Crippen LogP contribution in [0.4, 0.5) is 17.1 Å². The average molecular weight is 307 g/mol. The Morgan fingerprint density at radius 3 is 2.14 bits per heavy atom. The van der Waals surface area contributed by atoms with Gasteiger partial charge in [-0.2, -0.15) is 0 Å². The summed E-state index contributed by atoms with van der Waals surface area (Å²) in [6.07, 6.45) is 0. The van der Waals surface area contributed by atoms with Crippen molar-refractivity contribution in [1.29, 1.82) is 0 Å². The number of phenols is 1. The smallest absolute Gasteiger partial charge is 0.347 e. The van der Waals surface area contributed by atoms with Crippen molar-refractivity contribution in [2.45, 2.75) is 4.90 Å². The maximum atomic E-state index is 10.8. The van der Waals surface area contributed by atoms with Gasteiger partial charge in [0.2, 0.25) is 0 Å². The van der Waals surface area contributed by atoms with E-state index in [1.165, 1.54) is 18.2 Å². The first-order chi connectivity index (χ1) is 9.97. The Morgan fingerprint density at radius 1 is 0.952 bits per heavy atom. The first kappa shape index (κ1) is 14.6. The lowest BCUT2D eigenvalue weighted by Gasteiger charge is -2.05. The van der Waals surface area contributed by atoms with E-state index in [-0.39, 0.29) is 5.75 Å². The van der Waals surface area contributed by atoms with Crippen molar-refractivity contribution >= 4 is 29.0 Å². The van der Waals surface area contributed by atoms with Crippen molar-refractivity contribution in [3.8, 4) is 5.75 Å². The van der Waals surface area contributed by atoms with Crippen molar-refractivity contribution < 1.29 is 15.0 Å². The largest absolute Gasteiger partial charge is 0.508 e. The normalized spacial score (nSPS) is 10.1. The van der Waals surface area contributed by atoms with Gasteiger partial charge in [-0.15, -0.1) is 0 Å². The lowest BCUT2D eigenvalue weighted by atomic mass is 10.3. The molecule has 0 saturated heterocycles. The summed E-state index contributed by atoms with van der Waals surface area (Å²) in [5.74, 6) is 0.122. The van der Waals surface area contributed by atoms with E-state index in [4.69, 9.17) is 5.11 Å². The van der Waals surface area contributed by atoms with Crippen LogP contribution in [-0.4, -0.2) is 15.0 Å². The summed E-state index contributed by atoms with van der Waals surface area (Å²) in [6, 6.07) is 9.88. The number of rotatable bonds is 5. The van der Waals surface area contributed by atoms with Crippen LogP contribution in [0.3, 0.4) is 0 Å². The molecule has 0 fully saturated rings. The number of anilines is 1. The van der Waals surface area contributed by atoms with Gasteiger partial charge >= 0.3 is 11.4 Å². The van der Waals surface area contributed by atoms with Gasteiger partial charge in [-0.1, -0.05) is 0 Å². The summed E-state index contributed by atoms with van der Waals surface area (Å²) in [5.41, 5.74) is -0.426. The number of nitrogens with one attached hydrogen (secondary N) is 1. The van der Waals surface area contributed by atoms with Crippen LogP contribution in [0, 0.1) is 20.2 Å². The van der Waals surface area contributed by atoms with Gasteiger partial charge < -0.3 is 9.83 Å². The fourth-order valence-electron chi connectivity index (χ4n) is 1.51. The second kappa shape index (κ2) is 6.09. The lowest BCUT2D eigenvalue weighted by Crippen LogP contribution is -1.97. The lowest BCUT2D eigenvalue weighted by molar-refractivity contribution is -0.422. The number of benzene rings is 2. The number of hydrogen-bond acceptors (Lipinski definition) is 7. The van der Waals surface area contributed by atoms with E-state index in [0.29, 0.717) is 10.6 Å². The molecule has 8 nitrogen and oxygen atoms in total. The van der Waals surface area contributed by atoms with Gasteiger partial charge in [-0.25, -0.2) is 0 Å². The highest BCUT2D eigenvalue weighted by molar-refractivity contribution is 8.00. The van der Waals surface area contributed by atoms with Crippen LogP contribution in [0.2, 0.25) is 0 Å². The molecule has 0 radical (unpaired) electrons. The van der Waals surface area contributed by atoms with Crippen LogP contribution in [0.25, 0.3) is 0 Å². The Balaban J connectivity index is 2.17. The van der Waals surface area contributed by atoms with Gasteiger partial charge in [0.1, 0.15) is 5.75 Å². The minimum atomic E-state index is -0.792. The van der Waals surface area contributed by atoms with Gasteiger partial charge in [0.05, 0.1) is 9.85 Å². The van der Waals surface area contributed by atoms with E-state index < -0.39 is 21.2 Å². The summed E-state index contributed by atoms with van der Waals surface area (Å²) in [6.45, 7) is 0. The molecule has 0 spiro atoms. The van der Waals surface area contributed by atoms with E-state index in [9.17, 15) is 20.2 Å². The van der Waals surface area contributed by atoms with Gasteiger partial charge in [-0.05, 0) is 42.3 Å². The van der Waals surface area contributed by atoms with E-state index in [1.54, 1.807) is 12.1 Å². The maximum Gasteiger partial charge on any atom is 0.347 e. The van der Waals surface area contributed by atoms with Crippen LogP contribution in [-0.2, 0) is 0 Å². The Kier molecular flexibility index (Phi) is 4.24. The zero-order chi connectivity index (χ0) is 15.4. The molecule has 9 heteroatoms. The number of nitrogens with zero attached hydrogens (tertiary/aromatic N) is 2. The zero-order valence-corrected chi connectivity index (χ0v) is 11.2. The average Bonchev–Trinajstić information content (AvgIpc) is 2.46. The molecule has 0 bridgehead atoms. The molecule has 0 aliphatic heterocycles. The van der Waals surface area contributed by atoms with Crippen LogP contribution in [0.5, 0.6) is 5.75 Å². The highest BCUT2D eigenvalue weighted by Gasteiger charge is 2.24. The quantitative estimate of drug-likeness (QED) is 0.376. The van der Waals surface area contributed by atoms with Gasteiger partial charge in [-0.3, -0.25) is 20.2 Å². The third kappa shape index (κ3) is 3.60. The number of nitro groups is 2. The first-order valence-corrected chi connectivity index (χ1v) is 6.44. The number of hydrogen-bond donors (Lipinski definition) is 2. The highest BCUT2D eigenvalue weighted by atomic mass is 32.2. The third-order valence-electron chi connectivity index (χ3n) is 2.49. The summed E-state index contributed by atoms with van der Waals surface area (Å²) in [5, 5.41) is 30.7. The van der Waals surface area contributed by atoms with Crippen LogP contribution in [0.15, 0.2) is 47.4 Å². The Hall–Kier alpha value is -2.81. The van der Waals surface area contributed by atoms with Crippen LogP contribution >= 0.6 is 11.9 Å². The van der Waals surface area contributed by atoms with Crippen molar-refractivity contribution in [3.05, 3.63) is 62.7 Å². The summed E-state index contributed by atoms with van der Waals surface area (Å²) in [7, 11) is 0. The predicted octanol–water partition coefficient (Wildman–Crippen LogP) is 3.33. The maximum absolute atomic E-state index is 10.8. The molecule has 21 heavy (non-hydrogen) atoms. The fourth-order valence-corrected chi connectivity index (χ4v) is 2.19. The van der Waals surface area contributed by atoms with Crippen molar-refractivity contribution in [2.75, 3.05) is 4.72 Å². The molecular formula is C12H9N3O5S. The number of aromatic hydroxyl groups is 1. The zero-order valence-electron chi connectivity index (χ0n) is 10.4. The second-order valence-electron chi connectivity index (χ2n) is 3.92. The summed E-state index contributed by atoms with van der Waals surface area (Å²) >= 11 is 1.07. The fraction of sp³-hybridized carbons (Fsp3) is 0. The molecule has 2 rings (SSSR count). The minimum Gasteiger partial charge on any atom is -0.508 e. The van der Waals surface area contributed by atoms with E-state index in [0.717, 1.165) is 24.1 Å². The molecule has 108 valence electrons. The molecule has 2 aromatic carbocycles. The van der Waals surface area contributed by atoms with Crippen molar-refractivity contribution in [3.63, 3.8) is 0 Å². The van der Waals surface area contributed by atoms with E-state index in [2.05, 4.69) is 4.72 Å². The monoisotopic (exact) mass is 307 g/mol. The predicted molar refractivity (Wildman–Crippen MR) is 77.3 cm³/mol. The first-order valence-electron chi connectivity index (χ1n) is 5.62. The molecule has 2 N–H and O–H groups in total. The topological polar surface area (TPSA) is 119 Å². The van der Waals surface area contributed by atoms with E-state index >= 15 is 0 Å². The van der Waals surface area contributed by atoms with Crippen molar-refractivity contribution in [1.82, 2.24) is 0 Å². The molecular weight excluding hydrogens is 298 g/mol. The number of phenolic OH excluding ortho intramolecular Hbond substituents is 1. The summed E-state index contributed by atoms with van der Waals surface area (Å²) in [4.78, 5) is 20.4. The van der Waals surface area contributed by atoms with Crippen molar-refractivity contribution in [2.24, 2.45) is 0 Å². The second-order valence-corrected chi connectivity index (χ2v) is 4.80. The summed E-state index contributed by atoms with van der Waals surface area (Å²) < 4.78 is 2.92. The van der Waals surface area contributed by atoms with Crippen LogP contribution in [0.1, 0.15) is 0 Å². The third-order valence-corrected chi connectivity index (χ3v) is 3.32. The molecule has 0 aliphatic carbocycles. The molecule has 0 amide bonds. The molecule has 0 unspecified atom stereocenters. The van der Waals surface area contributed by atoms with E-state index in [1.807, 2.05) is 0 Å². The molecule has 0 heterocycles. The standard InChI is InChI=1S/C12H9N3O5S/c16-9-3-1-8(2-4-9)13-21-10-5-6-11(14(17)18)12(7-10)15(19)20/h1-7,13,16H. The molecule has 0 saturated carbocycles. The number of nitro benzene ring substituents is 2. The SMILES string of the molecule is O=[N+]([O-])c1ccc(SNc2ccc(O)cc2)cc1[N+](=O)[O-]. The van der Waals surface area contributed by atoms with Crippen LogP contribution < -0.4 is 4.72 Å². The van der Waals surface area contributed by atoms with Gasteiger partial charge in [0.25, 0.3) is 0 Å². The molecule has 2 aromatic rings.